The van der Waals surface area contributed by atoms with Crippen LogP contribution in [0.15, 0.2) is 24.4 Å². The van der Waals surface area contributed by atoms with Crippen molar-refractivity contribution in [3.05, 3.63) is 45.0 Å². The Morgan fingerprint density at radius 3 is 2.81 bits per heavy atom. The molecule has 21 heavy (non-hydrogen) atoms. The highest BCUT2D eigenvalue weighted by molar-refractivity contribution is 7.15. The van der Waals surface area contributed by atoms with E-state index in [9.17, 15) is 10.1 Å². The minimum Gasteiger partial charge on any atom is -0.380 e. The Morgan fingerprint density at radius 1 is 1.38 bits per heavy atom. The second kappa shape index (κ2) is 7.03. The molecule has 2 N–H and O–H groups in total. The Kier molecular flexibility index (Phi) is 5.10. The van der Waals surface area contributed by atoms with Crippen molar-refractivity contribution in [3.63, 3.8) is 0 Å². The van der Waals surface area contributed by atoms with E-state index in [2.05, 4.69) is 15.6 Å². The molecule has 112 valence electrons. The Bertz CT molecular complexity index is 627. The maximum Gasteiger partial charge on any atom is 0.292 e. The molecule has 0 aliphatic heterocycles. The molecule has 6 nitrogen and oxygen atoms in total. The summed E-state index contributed by atoms with van der Waals surface area (Å²) in [5, 5.41) is 17.9. The maximum atomic E-state index is 11.0. The van der Waals surface area contributed by atoms with E-state index in [1.54, 1.807) is 17.4 Å². The molecule has 0 aliphatic carbocycles. The largest absolute Gasteiger partial charge is 0.380 e. The van der Waals surface area contributed by atoms with Crippen LogP contribution in [0.3, 0.4) is 0 Å². The van der Waals surface area contributed by atoms with Crippen LogP contribution in [0.5, 0.6) is 0 Å². The van der Waals surface area contributed by atoms with E-state index in [-0.39, 0.29) is 10.6 Å². The zero-order valence-corrected chi connectivity index (χ0v) is 12.9. The van der Waals surface area contributed by atoms with Crippen LogP contribution >= 0.6 is 11.3 Å². The average molecular weight is 306 g/mol. The van der Waals surface area contributed by atoms with E-state index in [1.807, 2.05) is 32.3 Å². The third-order valence-corrected chi connectivity index (χ3v) is 4.13. The SMILES string of the molecule is CCNc1cc(CCc2cnc(NC)s2)ccc1[N+](=O)[O-]. The number of aromatic nitrogens is 1. The summed E-state index contributed by atoms with van der Waals surface area (Å²) in [5.74, 6) is 0. The van der Waals surface area contributed by atoms with Gasteiger partial charge in [-0.25, -0.2) is 4.98 Å². The van der Waals surface area contributed by atoms with Gasteiger partial charge in [-0.1, -0.05) is 6.07 Å². The quantitative estimate of drug-likeness (QED) is 0.606. The van der Waals surface area contributed by atoms with E-state index < -0.39 is 0 Å². The molecule has 0 bridgehead atoms. The lowest BCUT2D eigenvalue weighted by Crippen LogP contribution is -2.02. The monoisotopic (exact) mass is 306 g/mol. The van der Waals surface area contributed by atoms with E-state index >= 15 is 0 Å². The van der Waals surface area contributed by atoms with Crippen LogP contribution in [0, 0.1) is 10.1 Å². The molecule has 7 heteroatoms. The number of nitrogens with zero attached hydrogens (tertiary/aromatic N) is 2. The zero-order valence-electron chi connectivity index (χ0n) is 12.0. The van der Waals surface area contributed by atoms with Crippen LogP contribution in [0.4, 0.5) is 16.5 Å². The normalized spacial score (nSPS) is 10.4. The summed E-state index contributed by atoms with van der Waals surface area (Å²) in [4.78, 5) is 16.1. The Morgan fingerprint density at radius 2 is 2.19 bits per heavy atom. The highest BCUT2D eigenvalue weighted by Gasteiger charge is 2.13. The molecule has 1 aromatic carbocycles. The Labute approximate surface area is 127 Å². The summed E-state index contributed by atoms with van der Waals surface area (Å²) in [7, 11) is 1.85. The van der Waals surface area contributed by atoms with Crippen molar-refractivity contribution in [2.24, 2.45) is 0 Å². The standard InChI is InChI=1S/C14H18N4O2S/c1-3-16-12-8-10(5-7-13(12)18(19)20)4-6-11-9-17-14(15-2)21-11/h5,7-9,16H,3-4,6H2,1-2H3,(H,15,17). The molecular weight excluding hydrogens is 288 g/mol. The second-order valence-electron chi connectivity index (χ2n) is 4.52. The van der Waals surface area contributed by atoms with E-state index in [0.717, 1.165) is 23.5 Å². The maximum absolute atomic E-state index is 11.0. The number of nitro groups is 1. The molecule has 0 amide bonds. The number of rotatable bonds is 7. The van der Waals surface area contributed by atoms with Crippen LogP contribution in [0.25, 0.3) is 0 Å². The predicted octanol–water partition coefficient (Wildman–Crippen LogP) is 3.31. The summed E-state index contributed by atoms with van der Waals surface area (Å²) in [6.45, 7) is 2.58. The van der Waals surface area contributed by atoms with Gasteiger partial charge in [0.15, 0.2) is 5.13 Å². The highest BCUT2D eigenvalue weighted by atomic mass is 32.1. The van der Waals surface area contributed by atoms with Crippen LogP contribution in [-0.2, 0) is 12.8 Å². The zero-order chi connectivity index (χ0) is 15.2. The number of hydrogen-bond donors (Lipinski definition) is 2. The average Bonchev–Trinajstić information content (AvgIpc) is 2.93. The first-order chi connectivity index (χ1) is 10.1. The molecule has 2 rings (SSSR count). The molecule has 0 radical (unpaired) electrons. The lowest BCUT2D eigenvalue weighted by atomic mass is 10.1. The number of aryl methyl sites for hydroxylation is 2. The fraction of sp³-hybridized carbons (Fsp3) is 0.357. The van der Waals surface area contributed by atoms with Gasteiger partial charge in [0, 0.05) is 30.7 Å². The molecule has 2 aromatic rings. The van der Waals surface area contributed by atoms with E-state index in [4.69, 9.17) is 0 Å². The van der Waals surface area contributed by atoms with Crippen molar-refractivity contribution >= 4 is 27.8 Å². The summed E-state index contributed by atoms with van der Waals surface area (Å²) in [6.07, 6.45) is 3.58. The summed E-state index contributed by atoms with van der Waals surface area (Å²) in [5.41, 5.74) is 1.78. The van der Waals surface area contributed by atoms with Gasteiger partial charge in [0.1, 0.15) is 5.69 Å². The van der Waals surface area contributed by atoms with Gasteiger partial charge in [-0.15, -0.1) is 11.3 Å². The topological polar surface area (TPSA) is 80.1 Å². The highest BCUT2D eigenvalue weighted by Crippen LogP contribution is 2.26. The Balaban J connectivity index is 2.09. The van der Waals surface area contributed by atoms with Crippen LogP contribution in [0.2, 0.25) is 0 Å². The number of anilines is 2. The number of nitro benzene ring substituents is 1. The summed E-state index contributed by atoms with van der Waals surface area (Å²) in [6, 6.07) is 5.25. The number of thiazole rings is 1. The van der Waals surface area contributed by atoms with Gasteiger partial charge in [-0.2, -0.15) is 0 Å². The van der Waals surface area contributed by atoms with Crippen LogP contribution in [-0.4, -0.2) is 23.5 Å². The molecule has 1 heterocycles. The first-order valence-corrected chi connectivity index (χ1v) is 7.59. The van der Waals surface area contributed by atoms with Crippen molar-refractivity contribution in [1.29, 1.82) is 0 Å². The molecule has 0 unspecified atom stereocenters. The van der Waals surface area contributed by atoms with Gasteiger partial charge in [0.05, 0.1) is 4.92 Å². The smallest absolute Gasteiger partial charge is 0.292 e. The molecule has 0 saturated heterocycles. The predicted molar refractivity (Wildman–Crippen MR) is 86.3 cm³/mol. The minimum atomic E-state index is -0.357. The third-order valence-electron chi connectivity index (χ3n) is 3.05. The molecule has 0 aliphatic rings. The molecule has 0 fully saturated rings. The lowest BCUT2D eigenvalue weighted by Gasteiger charge is -2.07. The van der Waals surface area contributed by atoms with E-state index in [1.165, 1.54) is 4.88 Å². The van der Waals surface area contributed by atoms with E-state index in [0.29, 0.717) is 12.2 Å². The van der Waals surface area contributed by atoms with Crippen molar-refractivity contribution in [2.45, 2.75) is 19.8 Å². The fourth-order valence-corrected chi connectivity index (χ4v) is 2.80. The van der Waals surface area contributed by atoms with Gasteiger partial charge in [-0.05, 0) is 31.4 Å². The Hall–Kier alpha value is -2.15. The number of nitrogens with one attached hydrogen (secondary N) is 2. The first kappa shape index (κ1) is 15.2. The van der Waals surface area contributed by atoms with Crippen molar-refractivity contribution in [2.75, 3.05) is 24.2 Å². The van der Waals surface area contributed by atoms with Gasteiger partial charge in [-0.3, -0.25) is 10.1 Å². The van der Waals surface area contributed by atoms with Crippen molar-refractivity contribution < 1.29 is 4.92 Å². The van der Waals surface area contributed by atoms with Gasteiger partial charge >= 0.3 is 0 Å². The summed E-state index contributed by atoms with van der Waals surface area (Å²) < 4.78 is 0. The van der Waals surface area contributed by atoms with Crippen LogP contribution < -0.4 is 10.6 Å². The molecule has 0 spiro atoms. The molecule has 0 saturated carbocycles. The molecular formula is C14H18N4O2S. The van der Waals surface area contributed by atoms with Gasteiger partial charge in [0.2, 0.25) is 0 Å². The molecule has 1 aromatic heterocycles. The number of hydrogen-bond acceptors (Lipinski definition) is 6. The first-order valence-electron chi connectivity index (χ1n) is 6.77. The molecule has 0 atom stereocenters. The summed E-state index contributed by atoms with van der Waals surface area (Å²) >= 11 is 1.63. The number of benzene rings is 1. The van der Waals surface area contributed by atoms with Gasteiger partial charge < -0.3 is 10.6 Å². The van der Waals surface area contributed by atoms with Gasteiger partial charge in [0.25, 0.3) is 5.69 Å². The second-order valence-corrected chi connectivity index (χ2v) is 5.64. The van der Waals surface area contributed by atoms with Crippen molar-refractivity contribution in [3.8, 4) is 0 Å². The lowest BCUT2D eigenvalue weighted by molar-refractivity contribution is -0.384. The van der Waals surface area contributed by atoms with Crippen LogP contribution in [0.1, 0.15) is 17.4 Å². The fourth-order valence-electron chi connectivity index (χ4n) is 2.04. The minimum absolute atomic E-state index is 0.121. The van der Waals surface area contributed by atoms with Crippen molar-refractivity contribution in [1.82, 2.24) is 4.98 Å². The third kappa shape index (κ3) is 3.91.